The smallest absolute Gasteiger partial charge is 0.316 e. The molecule has 3 fully saturated rings. The number of fused-ring (bicyclic) bond motifs is 2. The minimum atomic E-state index is -2.45. The second-order valence-corrected chi connectivity index (χ2v) is 23.4. The summed E-state index contributed by atoms with van der Waals surface area (Å²) in [6.45, 7) is 25.6. The molecule has 4 aliphatic heterocycles. The highest BCUT2D eigenvalue weighted by molar-refractivity contribution is 6.77. The van der Waals surface area contributed by atoms with Crippen molar-refractivity contribution in [3.8, 4) is 0 Å². The Labute approximate surface area is 329 Å². The number of aliphatic hydroxyl groups is 1. The molecule has 1 spiro atoms. The van der Waals surface area contributed by atoms with Crippen LogP contribution in [0.2, 0.25) is 16.6 Å². The minimum Gasteiger partial charge on any atom is -0.462 e. The summed E-state index contributed by atoms with van der Waals surface area (Å²) < 4.78 is 33.8. The lowest BCUT2D eigenvalue weighted by atomic mass is 9.71. The normalized spacial score (nSPS) is 40.2. The Balaban J connectivity index is 1.61. The van der Waals surface area contributed by atoms with Gasteiger partial charge in [-0.3, -0.25) is 4.79 Å². The minimum absolute atomic E-state index is 0.0317. The molecule has 0 amide bonds. The van der Waals surface area contributed by atoms with Gasteiger partial charge in [0.25, 0.3) is 5.09 Å². The summed E-state index contributed by atoms with van der Waals surface area (Å²) in [4.78, 5) is 32.0. The lowest BCUT2D eigenvalue weighted by molar-refractivity contribution is -0.778. The third-order valence-corrected chi connectivity index (χ3v) is 19.2. The quantitative estimate of drug-likeness (QED) is 0.0836. The number of carbonyl (C=O) groups is 1. The molecule has 0 aromatic carbocycles. The van der Waals surface area contributed by atoms with E-state index in [1.165, 1.54) is 0 Å². The molecule has 0 saturated carbocycles. The molecular formula is C43H67NO10Si. The molecule has 0 unspecified atom stereocenters. The van der Waals surface area contributed by atoms with Crippen molar-refractivity contribution in [3.05, 3.63) is 68.9 Å². The average Bonchev–Trinajstić information content (AvgIpc) is 3.43. The van der Waals surface area contributed by atoms with Crippen LogP contribution >= 0.6 is 0 Å². The molecule has 11 atom stereocenters. The average molecular weight is 786 g/mol. The predicted molar refractivity (Wildman–Crippen MR) is 214 cm³/mol. The number of esters is 1. The Bertz CT molecular complexity index is 1560. The highest BCUT2D eigenvalue weighted by Crippen LogP contribution is 2.51. The number of allylic oxidation sites excluding steroid dienone is 5. The highest BCUT2D eigenvalue weighted by atomic mass is 28.4. The van der Waals surface area contributed by atoms with Crippen molar-refractivity contribution in [3.63, 3.8) is 0 Å². The molecule has 2 bridgehead atoms. The van der Waals surface area contributed by atoms with E-state index in [9.17, 15) is 20.0 Å². The number of nitrogens with zero attached hydrogens (tertiary/aromatic N) is 1. The van der Waals surface area contributed by atoms with E-state index in [0.29, 0.717) is 41.5 Å². The zero-order chi connectivity index (χ0) is 40.6. The van der Waals surface area contributed by atoms with Crippen LogP contribution in [0.15, 0.2) is 58.7 Å². The number of hydrogen-bond donors (Lipinski definition) is 1. The van der Waals surface area contributed by atoms with Crippen LogP contribution in [0.1, 0.15) is 115 Å². The maximum atomic E-state index is 14.7. The van der Waals surface area contributed by atoms with Gasteiger partial charge in [-0.25, -0.2) is 0 Å². The molecule has 1 N–H and O–H groups in total. The Morgan fingerprint density at radius 3 is 2.36 bits per heavy atom. The van der Waals surface area contributed by atoms with E-state index in [4.69, 9.17) is 28.2 Å². The monoisotopic (exact) mass is 785 g/mol. The van der Waals surface area contributed by atoms with Gasteiger partial charge >= 0.3 is 5.97 Å². The van der Waals surface area contributed by atoms with Crippen molar-refractivity contribution in [2.75, 3.05) is 6.61 Å². The molecule has 308 valence electrons. The molecule has 12 heteroatoms. The van der Waals surface area contributed by atoms with Crippen LogP contribution in [0, 0.1) is 27.9 Å². The summed E-state index contributed by atoms with van der Waals surface area (Å²) in [5.41, 5.74) is 2.72. The van der Waals surface area contributed by atoms with E-state index in [1.807, 2.05) is 52.0 Å². The summed E-state index contributed by atoms with van der Waals surface area (Å²) in [5, 5.41) is 24.2. The third-order valence-electron chi connectivity index (χ3n) is 13.1. The van der Waals surface area contributed by atoms with Crippen molar-refractivity contribution in [2.24, 2.45) is 17.8 Å². The number of rotatable bonds is 8. The Morgan fingerprint density at radius 2 is 1.75 bits per heavy atom. The van der Waals surface area contributed by atoms with Crippen molar-refractivity contribution in [2.45, 2.75) is 180 Å². The van der Waals surface area contributed by atoms with Gasteiger partial charge in [0.2, 0.25) is 8.32 Å². The first-order valence-electron chi connectivity index (χ1n) is 20.5. The SMILES string of the molecule is C/C=C(\C)[C@H]1O[C@@]2(C[C@@H]3C[C@@H](C/C=C(\C)C[C@@H](C)/C=C/C=C4\CO[C@@H]5[C@H](O[Si](C(C)C)(C(C)C)C(C)C)C(C)=C[C@@H](C(=O)O3)[C@]45O)O2)[C@H](O[N+](=O)[O-])C[C@@H]1C. The molecular weight excluding hydrogens is 719 g/mol. The van der Waals surface area contributed by atoms with Gasteiger partial charge < -0.3 is 33.3 Å². The Morgan fingerprint density at radius 1 is 1.07 bits per heavy atom. The predicted octanol–water partition coefficient (Wildman–Crippen LogP) is 8.87. The molecule has 55 heavy (non-hydrogen) atoms. The van der Waals surface area contributed by atoms with Crippen molar-refractivity contribution >= 4 is 14.3 Å². The fourth-order valence-electron chi connectivity index (χ4n) is 10.4. The van der Waals surface area contributed by atoms with Gasteiger partial charge in [0.1, 0.15) is 23.7 Å². The first-order chi connectivity index (χ1) is 25.8. The van der Waals surface area contributed by atoms with Crippen LogP contribution in [0.5, 0.6) is 0 Å². The first-order valence-corrected chi connectivity index (χ1v) is 22.7. The lowest BCUT2D eigenvalue weighted by Gasteiger charge is -2.53. The molecule has 0 aromatic heterocycles. The fourth-order valence-corrected chi connectivity index (χ4v) is 16.0. The Kier molecular flexibility index (Phi) is 13.5. The van der Waals surface area contributed by atoms with Crippen LogP contribution < -0.4 is 0 Å². The number of hydrogen-bond acceptors (Lipinski definition) is 10. The largest absolute Gasteiger partial charge is 0.462 e. The standard InChI is InChI=1S/C43H67NO10Si/c1-13-30(10)38-32(12)21-37(53-44(47)48)42(52-38)23-35-22-34(51-42)18-17-29(9)19-28(8)15-14-16-33-24-49-40-39(54-55(25(2)3,26(4)5)27(6)7)31(11)20-36(41(45)50-35)43(33,40)46/h13-17,20,25-28,32,34-40,46H,18-19,21-24H2,1-12H3/b15-14+,29-17+,30-13+,33-16+/t28-,32-,34+,35-,36-,37+,38+,39+,40+,42-,43+/m0/s1. The second kappa shape index (κ2) is 17.1. The molecule has 0 radical (unpaired) electrons. The molecule has 0 aromatic rings. The van der Waals surface area contributed by atoms with E-state index < -0.39 is 67.2 Å². The van der Waals surface area contributed by atoms with Crippen molar-refractivity contribution < 1.29 is 43.2 Å². The van der Waals surface area contributed by atoms with Gasteiger partial charge in [-0.1, -0.05) is 97.4 Å². The molecule has 1 aliphatic carbocycles. The van der Waals surface area contributed by atoms with E-state index in [0.717, 1.165) is 23.1 Å². The van der Waals surface area contributed by atoms with E-state index in [-0.39, 0.29) is 31.0 Å². The topological polar surface area (TPSA) is 136 Å². The zero-order valence-corrected chi connectivity index (χ0v) is 36.2. The number of ether oxygens (including phenoxy) is 4. The third kappa shape index (κ3) is 8.51. The van der Waals surface area contributed by atoms with E-state index in [2.05, 4.69) is 67.5 Å². The van der Waals surface area contributed by atoms with Gasteiger partial charge in [0, 0.05) is 12.8 Å². The molecule has 4 heterocycles. The first kappa shape index (κ1) is 43.5. The lowest BCUT2D eigenvalue weighted by Crippen LogP contribution is -2.63. The maximum absolute atomic E-state index is 14.7. The van der Waals surface area contributed by atoms with Crippen molar-refractivity contribution in [1.82, 2.24) is 0 Å². The van der Waals surface area contributed by atoms with Crippen LogP contribution in [0.4, 0.5) is 0 Å². The molecule has 3 saturated heterocycles. The van der Waals surface area contributed by atoms with Crippen LogP contribution in [0.3, 0.4) is 0 Å². The van der Waals surface area contributed by atoms with Crippen LogP contribution in [-0.4, -0.2) is 79.1 Å². The fraction of sp³-hybridized carbons (Fsp3) is 0.744. The Hall–Kier alpha value is -2.61. The van der Waals surface area contributed by atoms with Crippen LogP contribution in [0.25, 0.3) is 0 Å². The molecule has 5 aliphatic rings. The van der Waals surface area contributed by atoms with Gasteiger partial charge in [0.05, 0.1) is 24.9 Å². The summed E-state index contributed by atoms with van der Waals surface area (Å²) >= 11 is 0. The second-order valence-electron chi connectivity index (χ2n) is 18.0. The van der Waals surface area contributed by atoms with Gasteiger partial charge in [-0.15, -0.1) is 10.1 Å². The summed E-state index contributed by atoms with van der Waals surface area (Å²) in [5.74, 6) is -3.15. The van der Waals surface area contributed by atoms with E-state index >= 15 is 0 Å². The number of carbonyl (C=O) groups excluding carboxylic acids is 1. The molecule has 11 nitrogen and oxygen atoms in total. The van der Waals surface area contributed by atoms with Gasteiger partial charge in [-0.2, -0.15) is 0 Å². The highest BCUT2D eigenvalue weighted by Gasteiger charge is 2.63. The van der Waals surface area contributed by atoms with Crippen LogP contribution in [-0.2, 0) is 33.0 Å². The molecule has 5 rings (SSSR count). The van der Waals surface area contributed by atoms with Crippen molar-refractivity contribution in [1.29, 1.82) is 0 Å². The van der Waals surface area contributed by atoms with Gasteiger partial charge in [-0.05, 0) is 92.1 Å². The summed E-state index contributed by atoms with van der Waals surface area (Å²) in [6, 6.07) is 0. The summed E-state index contributed by atoms with van der Waals surface area (Å²) in [6.07, 6.45) is 9.84. The van der Waals surface area contributed by atoms with E-state index in [1.54, 1.807) is 0 Å². The van der Waals surface area contributed by atoms with Gasteiger partial charge in [0.15, 0.2) is 11.9 Å². The zero-order valence-electron chi connectivity index (χ0n) is 35.2. The maximum Gasteiger partial charge on any atom is 0.316 e. The summed E-state index contributed by atoms with van der Waals surface area (Å²) in [7, 11) is -2.45.